The first kappa shape index (κ1) is 17.7. The summed E-state index contributed by atoms with van der Waals surface area (Å²) in [6.07, 6.45) is 2.93. The molecule has 8 heteroatoms. The SMILES string of the molecule is CC(=O)NC[C@@H]1CC(F)(F)CN1C1CN(C(=O)c2cncc(C)c2)C1. The summed E-state index contributed by atoms with van der Waals surface area (Å²) in [5.41, 5.74) is 1.41. The van der Waals surface area contributed by atoms with Crippen LogP contribution in [0, 0.1) is 6.92 Å². The predicted molar refractivity (Wildman–Crippen MR) is 87.4 cm³/mol. The smallest absolute Gasteiger partial charge is 0.262 e. The second-order valence-electron chi connectivity index (χ2n) is 6.94. The third-order valence-corrected chi connectivity index (χ3v) is 4.74. The fraction of sp³-hybridized carbons (Fsp3) is 0.588. The van der Waals surface area contributed by atoms with Crippen molar-refractivity contribution >= 4 is 11.8 Å². The number of hydrogen-bond acceptors (Lipinski definition) is 4. The predicted octanol–water partition coefficient (Wildman–Crippen LogP) is 1.06. The standard InChI is InChI=1S/C17H22F2N4O2/c1-11-3-13(6-20-5-11)16(25)22-8-15(9-22)23-10-17(18,19)4-14(23)7-21-12(2)24/h3,5-6,14-15H,4,7-10H2,1-2H3,(H,21,24)/t14-/m0/s1. The summed E-state index contributed by atoms with van der Waals surface area (Å²) < 4.78 is 27.6. The van der Waals surface area contributed by atoms with Crippen LogP contribution in [0.1, 0.15) is 29.3 Å². The molecule has 0 saturated carbocycles. The van der Waals surface area contributed by atoms with Gasteiger partial charge in [-0.2, -0.15) is 0 Å². The van der Waals surface area contributed by atoms with Gasteiger partial charge in [0, 0.05) is 57.5 Å². The summed E-state index contributed by atoms with van der Waals surface area (Å²) in [4.78, 5) is 30.9. The molecule has 136 valence electrons. The summed E-state index contributed by atoms with van der Waals surface area (Å²) in [6.45, 7) is 3.95. The van der Waals surface area contributed by atoms with Crippen LogP contribution in [-0.4, -0.2) is 70.8 Å². The van der Waals surface area contributed by atoms with Crippen LogP contribution in [0.5, 0.6) is 0 Å². The minimum absolute atomic E-state index is 0.103. The molecule has 1 aromatic rings. The number of hydrogen-bond donors (Lipinski definition) is 1. The lowest BCUT2D eigenvalue weighted by Crippen LogP contribution is -2.63. The number of nitrogens with one attached hydrogen (secondary N) is 1. The quantitative estimate of drug-likeness (QED) is 0.880. The highest BCUT2D eigenvalue weighted by atomic mass is 19.3. The van der Waals surface area contributed by atoms with Crippen molar-refractivity contribution < 1.29 is 18.4 Å². The van der Waals surface area contributed by atoms with Gasteiger partial charge >= 0.3 is 0 Å². The van der Waals surface area contributed by atoms with E-state index in [-0.39, 0.29) is 37.4 Å². The van der Waals surface area contributed by atoms with Gasteiger partial charge in [0.05, 0.1) is 12.1 Å². The van der Waals surface area contributed by atoms with Gasteiger partial charge in [0.25, 0.3) is 11.8 Å². The molecule has 0 radical (unpaired) electrons. The Hall–Kier alpha value is -2.09. The number of nitrogens with zero attached hydrogens (tertiary/aromatic N) is 3. The van der Waals surface area contributed by atoms with Crippen molar-refractivity contribution in [2.45, 2.75) is 38.3 Å². The molecule has 3 rings (SSSR count). The highest BCUT2D eigenvalue weighted by molar-refractivity contribution is 5.94. The molecule has 0 aliphatic carbocycles. The molecule has 1 atom stereocenters. The van der Waals surface area contributed by atoms with Crippen LogP contribution in [-0.2, 0) is 4.79 Å². The van der Waals surface area contributed by atoms with E-state index < -0.39 is 12.0 Å². The number of aryl methyl sites for hydroxylation is 1. The van der Waals surface area contributed by atoms with Crippen molar-refractivity contribution in [3.8, 4) is 0 Å². The Bertz CT molecular complexity index is 676. The van der Waals surface area contributed by atoms with Gasteiger partial charge in [-0.25, -0.2) is 8.78 Å². The van der Waals surface area contributed by atoms with E-state index in [4.69, 9.17) is 0 Å². The van der Waals surface area contributed by atoms with E-state index in [0.717, 1.165) is 5.56 Å². The van der Waals surface area contributed by atoms with Crippen molar-refractivity contribution in [2.24, 2.45) is 0 Å². The summed E-state index contributed by atoms with van der Waals surface area (Å²) in [5.74, 6) is -3.11. The molecule has 1 N–H and O–H groups in total. The molecule has 0 bridgehead atoms. The number of amides is 2. The van der Waals surface area contributed by atoms with Crippen LogP contribution >= 0.6 is 0 Å². The molecule has 2 fully saturated rings. The Labute approximate surface area is 145 Å². The first-order valence-electron chi connectivity index (χ1n) is 8.34. The van der Waals surface area contributed by atoms with Crippen LogP contribution in [0.4, 0.5) is 8.78 Å². The fourth-order valence-corrected chi connectivity index (χ4v) is 3.49. The summed E-state index contributed by atoms with van der Waals surface area (Å²) >= 11 is 0. The van der Waals surface area contributed by atoms with Crippen molar-refractivity contribution in [2.75, 3.05) is 26.2 Å². The highest BCUT2D eigenvalue weighted by Crippen LogP contribution is 2.35. The lowest BCUT2D eigenvalue weighted by molar-refractivity contribution is -0.119. The van der Waals surface area contributed by atoms with Crippen molar-refractivity contribution in [3.05, 3.63) is 29.6 Å². The van der Waals surface area contributed by atoms with Gasteiger partial charge in [-0.1, -0.05) is 0 Å². The lowest BCUT2D eigenvalue weighted by atomic mass is 10.0. The van der Waals surface area contributed by atoms with Crippen LogP contribution in [0.2, 0.25) is 0 Å². The molecule has 2 saturated heterocycles. The molecule has 2 aliphatic rings. The van der Waals surface area contributed by atoms with Crippen LogP contribution in [0.3, 0.4) is 0 Å². The monoisotopic (exact) mass is 352 g/mol. The van der Waals surface area contributed by atoms with E-state index in [1.807, 2.05) is 6.92 Å². The van der Waals surface area contributed by atoms with E-state index >= 15 is 0 Å². The summed E-state index contributed by atoms with van der Waals surface area (Å²) in [6, 6.07) is 1.27. The molecule has 1 aromatic heterocycles. The zero-order valence-corrected chi connectivity index (χ0v) is 14.3. The molecule has 6 nitrogen and oxygen atoms in total. The van der Waals surface area contributed by atoms with E-state index in [1.165, 1.54) is 13.1 Å². The normalized spacial score (nSPS) is 23.4. The molecule has 0 aromatic carbocycles. The molecule has 25 heavy (non-hydrogen) atoms. The van der Waals surface area contributed by atoms with Crippen LogP contribution < -0.4 is 5.32 Å². The van der Waals surface area contributed by atoms with Gasteiger partial charge in [0.15, 0.2) is 0 Å². The first-order chi connectivity index (χ1) is 11.7. The molecule has 2 aliphatic heterocycles. The number of likely N-dealkylation sites (tertiary alicyclic amines) is 2. The zero-order valence-electron chi connectivity index (χ0n) is 14.3. The molecular formula is C17H22F2N4O2. The average molecular weight is 352 g/mol. The van der Waals surface area contributed by atoms with Crippen molar-refractivity contribution in [1.82, 2.24) is 20.1 Å². The zero-order chi connectivity index (χ0) is 18.2. The van der Waals surface area contributed by atoms with Gasteiger partial charge in [0.1, 0.15) is 0 Å². The topological polar surface area (TPSA) is 65.5 Å². The molecule has 2 amide bonds. The van der Waals surface area contributed by atoms with E-state index in [1.54, 1.807) is 22.1 Å². The first-order valence-corrected chi connectivity index (χ1v) is 8.34. The number of halogens is 2. The van der Waals surface area contributed by atoms with Gasteiger partial charge in [-0.15, -0.1) is 0 Å². The summed E-state index contributed by atoms with van der Waals surface area (Å²) in [7, 11) is 0. The second-order valence-corrected chi connectivity index (χ2v) is 6.94. The van der Waals surface area contributed by atoms with Crippen molar-refractivity contribution in [1.29, 1.82) is 0 Å². The Morgan fingerprint density at radius 2 is 2.08 bits per heavy atom. The number of pyridine rings is 1. The number of alkyl halides is 2. The average Bonchev–Trinajstić information content (AvgIpc) is 2.78. The Morgan fingerprint density at radius 1 is 1.36 bits per heavy atom. The lowest BCUT2D eigenvalue weighted by Gasteiger charge is -2.46. The van der Waals surface area contributed by atoms with E-state index in [0.29, 0.717) is 18.7 Å². The Morgan fingerprint density at radius 3 is 2.72 bits per heavy atom. The van der Waals surface area contributed by atoms with Gasteiger partial charge in [0.2, 0.25) is 5.91 Å². The molecule has 0 unspecified atom stereocenters. The van der Waals surface area contributed by atoms with E-state index in [9.17, 15) is 18.4 Å². The van der Waals surface area contributed by atoms with Crippen LogP contribution in [0.15, 0.2) is 18.5 Å². The number of aromatic nitrogens is 1. The van der Waals surface area contributed by atoms with Crippen LogP contribution in [0.25, 0.3) is 0 Å². The highest BCUT2D eigenvalue weighted by Gasteiger charge is 2.50. The maximum atomic E-state index is 13.8. The maximum absolute atomic E-state index is 13.8. The van der Waals surface area contributed by atoms with Crippen molar-refractivity contribution in [3.63, 3.8) is 0 Å². The minimum atomic E-state index is -2.76. The molecule has 3 heterocycles. The Kier molecular flexibility index (Phi) is 4.73. The minimum Gasteiger partial charge on any atom is -0.355 e. The molecular weight excluding hydrogens is 330 g/mol. The van der Waals surface area contributed by atoms with Gasteiger partial charge in [-0.05, 0) is 18.6 Å². The third kappa shape index (κ3) is 3.95. The largest absolute Gasteiger partial charge is 0.355 e. The third-order valence-electron chi connectivity index (χ3n) is 4.74. The molecule has 0 spiro atoms. The number of carbonyl (C=O) groups excluding carboxylic acids is 2. The number of carbonyl (C=O) groups is 2. The Balaban J connectivity index is 1.60. The maximum Gasteiger partial charge on any atom is 0.262 e. The second kappa shape index (κ2) is 6.67. The van der Waals surface area contributed by atoms with Gasteiger partial charge in [-0.3, -0.25) is 19.5 Å². The summed E-state index contributed by atoms with van der Waals surface area (Å²) in [5, 5.41) is 2.62. The number of rotatable bonds is 4. The van der Waals surface area contributed by atoms with Gasteiger partial charge < -0.3 is 10.2 Å². The van der Waals surface area contributed by atoms with E-state index in [2.05, 4.69) is 10.3 Å². The fourth-order valence-electron chi connectivity index (χ4n) is 3.49.